The Kier molecular flexibility index (Phi) is 4.69. The van der Waals surface area contributed by atoms with Crippen LogP contribution in [-0.4, -0.2) is 6.54 Å². The van der Waals surface area contributed by atoms with Gasteiger partial charge in [-0.05, 0) is 55.7 Å². The first-order valence-electron chi connectivity index (χ1n) is 6.81. The van der Waals surface area contributed by atoms with Crippen molar-refractivity contribution in [2.24, 2.45) is 5.73 Å². The van der Waals surface area contributed by atoms with Crippen LogP contribution in [0.2, 0.25) is 5.02 Å². The van der Waals surface area contributed by atoms with E-state index in [0.717, 1.165) is 10.7 Å². The summed E-state index contributed by atoms with van der Waals surface area (Å²) in [5, 5.41) is 4.20. The summed E-state index contributed by atoms with van der Waals surface area (Å²) in [7, 11) is 0. The molecule has 3 N–H and O–H groups in total. The molecule has 0 spiro atoms. The van der Waals surface area contributed by atoms with E-state index >= 15 is 0 Å². The van der Waals surface area contributed by atoms with Gasteiger partial charge in [-0.3, -0.25) is 0 Å². The van der Waals surface area contributed by atoms with Crippen molar-refractivity contribution in [3.63, 3.8) is 0 Å². The molecule has 0 saturated heterocycles. The van der Waals surface area contributed by atoms with E-state index in [1.807, 2.05) is 24.3 Å². The number of halogens is 1. The number of hydrogen-bond acceptors (Lipinski definition) is 2. The largest absolute Gasteiger partial charge is 0.377 e. The fraction of sp³-hybridized carbons (Fsp3) is 0.294. The Morgan fingerprint density at radius 3 is 2.30 bits per heavy atom. The molecule has 2 aromatic carbocycles. The van der Waals surface area contributed by atoms with Gasteiger partial charge in [0.25, 0.3) is 0 Å². The number of nitrogens with one attached hydrogen (secondary N) is 1. The summed E-state index contributed by atoms with van der Waals surface area (Å²) in [5.74, 6) is 0. The van der Waals surface area contributed by atoms with E-state index in [2.05, 4.69) is 38.2 Å². The molecule has 20 heavy (non-hydrogen) atoms. The van der Waals surface area contributed by atoms with Crippen LogP contribution in [0.15, 0.2) is 36.4 Å². The van der Waals surface area contributed by atoms with E-state index in [-0.39, 0.29) is 6.04 Å². The number of hydrogen-bond donors (Lipinski definition) is 2. The Labute approximate surface area is 126 Å². The van der Waals surface area contributed by atoms with Gasteiger partial charge in [-0.2, -0.15) is 0 Å². The van der Waals surface area contributed by atoms with Crippen molar-refractivity contribution >= 4 is 17.3 Å². The molecule has 2 nitrogen and oxygen atoms in total. The lowest BCUT2D eigenvalue weighted by Crippen LogP contribution is -2.22. The Balaban J connectivity index is 2.34. The van der Waals surface area contributed by atoms with Crippen LogP contribution < -0.4 is 11.1 Å². The minimum absolute atomic E-state index is 0.0917. The van der Waals surface area contributed by atoms with Crippen LogP contribution in [0, 0.1) is 20.8 Å². The van der Waals surface area contributed by atoms with Crippen LogP contribution >= 0.6 is 11.6 Å². The molecule has 106 valence electrons. The predicted octanol–water partition coefficient (Wildman–Crippen LogP) is 4.38. The normalized spacial score (nSPS) is 12.2. The minimum atomic E-state index is 0.0917. The van der Waals surface area contributed by atoms with Gasteiger partial charge < -0.3 is 11.1 Å². The maximum Gasteiger partial charge on any atom is 0.0641 e. The second-order valence-corrected chi connectivity index (χ2v) is 5.69. The molecule has 2 aromatic rings. The highest BCUT2D eigenvalue weighted by Gasteiger charge is 2.15. The average molecular weight is 289 g/mol. The van der Waals surface area contributed by atoms with Crippen LogP contribution in [0.3, 0.4) is 0 Å². The zero-order valence-electron chi connectivity index (χ0n) is 12.2. The van der Waals surface area contributed by atoms with Gasteiger partial charge >= 0.3 is 0 Å². The maximum absolute atomic E-state index is 6.03. The number of anilines is 1. The highest BCUT2D eigenvalue weighted by atomic mass is 35.5. The Morgan fingerprint density at radius 1 is 1.10 bits per heavy atom. The lowest BCUT2D eigenvalue weighted by atomic mass is 9.94. The van der Waals surface area contributed by atoms with E-state index in [1.54, 1.807) is 0 Å². The first-order chi connectivity index (χ1) is 9.51. The molecule has 0 heterocycles. The van der Waals surface area contributed by atoms with E-state index in [0.29, 0.717) is 6.54 Å². The summed E-state index contributed by atoms with van der Waals surface area (Å²) in [4.78, 5) is 0. The number of nitrogens with two attached hydrogens (primary N) is 1. The zero-order chi connectivity index (χ0) is 14.7. The highest BCUT2D eigenvalue weighted by molar-refractivity contribution is 6.30. The van der Waals surface area contributed by atoms with Gasteiger partial charge in [0, 0.05) is 17.3 Å². The van der Waals surface area contributed by atoms with Gasteiger partial charge in [-0.25, -0.2) is 0 Å². The summed E-state index contributed by atoms with van der Waals surface area (Å²) in [5.41, 5.74) is 12.1. The molecule has 0 aromatic heterocycles. The molecule has 2 rings (SSSR count). The zero-order valence-corrected chi connectivity index (χ0v) is 13.0. The predicted molar refractivity (Wildman–Crippen MR) is 87.5 cm³/mol. The molecule has 0 radical (unpaired) electrons. The molecule has 0 aliphatic rings. The topological polar surface area (TPSA) is 38.0 Å². The van der Waals surface area contributed by atoms with E-state index in [1.165, 1.54) is 22.3 Å². The van der Waals surface area contributed by atoms with Crippen molar-refractivity contribution in [2.45, 2.75) is 26.8 Å². The van der Waals surface area contributed by atoms with Crippen molar-refractivity contribution in [1.82, 2.24) is 0 Å². The van der Waals surface area contributed by atoms with Crippen molar-refractivity contribution in [1.29, 1.82) is 0 Å². The minimum Gasteiger partial charge on any atom is -0.377 e. The summed E-state index contributed by atoms with van der Waals surface area (Å²) >= 11 is 6.03. The van der Waals surface area contributed by atoms with Crippen molar-refractivity contribution in [2.75, 3.05) is 11.9 Å². The van der Waals surface area contributed by atoms with Crippen LogP contribution in [0.4, 0.5) is 5.69 Å². The Hall–Kier alpha value is -1.51. The van der Waals surface area contributed by atoms with Crippen LogP contribution in [0.25, 0.3) is 0 Å². The monoisotopic (exact) mass is 288 g/mol. The number of aryl methyl sites for hydroxylation is 3. The molecule has 0 aliphatic heterocycles. The lowest BCUT2D eigenvalue weighted by molar-refractivity contribution is 0.776. The van der Waals surface area contributed by atoms with Crippen LogP contribution in [0.5, 0.6) is 0 Å². The molecule has 0 saturated carbocycles. The number of benzene rings is 2. The fourth-order valence-electron chi connectivity index (χ4n) is 2.77. The SMILES string of the molecule is Cc1cc(C)c(C(CN)Nc2cccc(Cl)c2)c(C)c1. The van der Waals surface area contributed by atoms with Crippen molar-refractivity contribution in [3.05, 3.63) is 63.7 Å². The van der Waals surface area contributed by atoms with E-state index in [4.69, 9.17) is 17.3 Å². The van der Waals surface area contributed by atoms with Gasteiger partial charge in [0.15, 0.2) is 0 Å². The molecule has 0 amide bonds. The number of rotatable bonds is 4. The Bertz CT molecular complexity index is 585. The molecule has 0 aliphatic carbocycles. The summed E-state index contributed by atoms with van der Waals surface area (Å²) in [6.07, 6.45) is 0. The molecule has 3 heteroatoms. The quantitative estimate of drug-likeness (QED) is 0.876. The molecule has 0 bridgehead atoms. The van der Waals surface area contributed by atoms with E-state index < -0.39 is 0 Å². The molecular weight excluding hydrogens is 268 g/mol. The summed E-state index contributed by atoms with van der Waals surface area (Å²) in [6.45, 7) is 6.93. The standard InChI is InChI=1S/C17H21ClN2/c1-11-7-12(2)17(13(3)8-11)16(10-19)20-15-6-4-5-14(18)9-15/h4-9,16,20H,10,19H2,1-3H3. The second-order valence-electron chi connectivity index (χ2n) is 5.26. The molecule has 1 atom stereocenters. The van der Waals surface area contributed by atoms with Crippen molar-refractivity contribution in [3.8, 4) is 0 Å². The highest BCUT2D eigenvalue weighted by Crippen LogP contribution is 2.27. The third-order valence-electron chi connectivity index (χ3n) is 3.49. The van der Waals surface area contributed by atoms with Gasteiger partial charge in [-0.15, -0.1) is 0 Å². The lowest BCUT2D eigenvalue weighted by Gasteiger charge is -2.23. The van der Waals surface area contributed by atoms with Gasteiger partial charge in [0.2, 0.25) is 0 Å². The summed E-state index contributed by atoms with van der Waals surface area (Å²) < 4.78 is 0. The Morgan fingerprint density at radius 2 is 1.75 bits per heavy atom. The van der Waals surface area contributed by atoms with Crippen molar-refractivity contribution < 1.29 is 0 Å². The third kappa shape index (κ3) is 3.33. The maximum atomic E-state index is 6.03. The third-order valence-corrected chi connectivity index (χ3v) is 3.72. The van der Waals surface area contributed by atoms with Crippen LogP contribution in [-0.2, 0) is 0 Å². The van der Waals surface area contributed by atoms with Crippen LogP contribution in [0.1, 0.15) is 28.3 Å². The van der Waals surface area contributed by atoms with Gasteiger partial charge in [-0.1, -0.05) is 35.4 Å². The molecule has 0 fully saturated rings. The first-order valence-corrected chi connectivity index (χ1v) is 7.19. The fourth-order valence-corrected chi connectivity index (χ4v) is 2.96. The van der Waals surface area contributed by atoms with Gasteiger partial charge in [0.05, 0.1) is 6.04 Å². The summed E-state index contributed by atoms with van der Waals surface area (Å²) in [6, 6.07) is 12.2. The smallest absolute Gasteiger partial charge is 0.0641 e. The molecule has 1 unspecified atom stereocenters. The first kappa shape index (κ1) is 14.9. The van der Waals surface area contributed by atoms with Gasteiger partial charge in [0.1, 0.15) is 0 Å². The average Bonchev–Trinajstić information content (AvgIpc) is 2.36. The second kappa shape index (κ2) is 6.29. The molecular formula is C17H21ClN2. The van der Waals surface area contributed by atoms with E-state index in [9.17, 15) is 0 Å².